The summed E-state index contributed by atoms with van der Waals surface area (Å²) in [6, 6.07) is 9.25. The van der Waals surface area contributed by atoms with E-state index < -0.39 is 5.91 Å². The minimum absolute atomic E-state index is 0.0472. The van der Waals surface area contributed by atoms with E-state index in [2.05, 4.69) is 32.2 Å². The van der Waals surface area contributed by atoms with E-state index in [1.54, 1.807) is 18.3 Å². The Balaban J connectivity index is 1.86. The quantitative estimate of drug-likeness (QED) is 0.752. The number of fused-ring (bicyclic) bond motifs is 3. The number of pyridine rings is 1. The van der Waals surface area contributed by atoms with Crippen molar-refractivity contribution in [3.63, 3.8) is 0 Å². The number of para-hydroxylation sites is 1. The van der Waals surface area contributed by atoms with Gasteiger partial charge in [0.15, 0.2) is 5.82 Å². The van der Waals surface area contributed by atoms with Crippen LogP contribution in [0.25, 0.3) is 5.69 Å². The highest BCUT2D eigenvalue weighted by Gasteiger charge is 2.30. The van der Waals surface area contributed by atoms with Crippen molar-refractivity contribution < 1.29 is 4.79 Å². The second-order valence-electron chi connectivity index (χ2n) is 6.28. The van der Waals surface area contributed by atoms with Crippen molar-refractivity contribution in [1.82, 2.24) is 19.7 Å². The highest BCUT2D eigenvalue weighted by atomic mass is 16.1. The van der Waals surface area contributed by atoms with Gasteiger partial charge in [0.1, 0.15) is 11.6 Å². The molecule has 1 aromatic carbocycles. The second kappa shape index (κ2) is 5.83. The van der Waals surface area contributed by atoms with E-state index in [9.17, 15) is 4.79 Å². The molecule has 8 heteroatoms. The molecule has 1 atom stereocenters. The van der Waals surface area contributed by atoms with Gasteiger partial charge in [-0.25, -0.2) is 14.6 Å². The lowest BCUT2D eigenvalue weighted by molar-refractivity contribution is 0.100. The maximum atomic E-state index is 11.7. The van der Waals surface area contributed by atoms with Crippen LogP contribution < -0.4 is 16.0 Å². The van der Waals surface area contributed by atoms with Gasteiger partial charge >= 0.3 is 0 Å². The Morgan fingerprint density at radius 2 is 2.08 bits per heavy atom. The summed E-state index contributed by atoms with van der Waals surface area (Å²) < 4.78 is 1.87. The average Bonchev–Trinajstić information content (AvgIpc) is 3.02. The molecule has 1 aliphatic rings. The number of carbonyl (C=O) groups is 1. The smallest absolute Gasteiger partial charge is 0.252 e. The van der Waals surface area contributed by atoms with Gasteiger partial charge in [-0.15, -0.1) is 0 Å². The normalized spacial score (nSPS) is 15.3. The van der Waals surface area contributed by atoms with Gasteiger partial charge in [0, 0.05) is 13.2 Å². The Labute approximate surface area is 150 Å². The number of anilines is 3. The average molecular weight is 349 g/mol. The van der Waals surface area contributed by atoms with Crippen LogP contribution in [0.3, 0.4) is 0 Å². The molecule has 1 amide bonds. The van der Waals surface area contributed by atoms with Gasteiger partial charge in [0.2, 0.25) is 0 Å². The lowest BCUT2D eigenvalue weighted by Gasteiger charge is -2.34. The second-order valence-corrected chi connectivity index (χ2v) is 6.28. The molecular weight excluding hydrogens is 330 g/mol. The highest BCUT2D eigenvalue weighted by molar-refractivity contribution is 5.99. The number of hydrogen-bond acceptors (Lipinski definition) is 6. The first-order valence-electron chi connectivity index (χ1n) is 8.29. The Hall–Kier alpha value is -3.42. The zero-order chi connectivity index (χ0) is 18.4. The van der Waals surface area contributed by atoms with Crippen LogP contribution >= 0.6 is 0 Å². The molecule has 0 aliphatic carbocycles. The summed E-state index contributed by atoms with van der Waals surface area (Å²) in [6.45, 7) is 3.96. The lowest BCUT2D eigenvalue weighted by Crippen LogP contribution is -2.31. The summed E-state index contributed by atoms with van der Waals surface area (Å²) in [5, 5.41) is 7.79. The van der Waals surface area contributed by atoms with Crippen molar-refractivity contribution in [2.45, 2.75) is 19.9 Å². The number of nitrogens with two attached hydrogens (primary N) is 1. The fraction of sp³-hybridized carbons (Fsp3) is 0.222. The van der Waals surface area contributed by atoms with Crippen LogP contribution in [0.1, 0.15) is 35.0 Å². The fourth-order valence-corrected chi connectivity index (χ4v) is 3.25. The van der Waals surface area contributed by atoms with E-state index >= 15 is 0 Å². The topological polar surface area (TPSA) is 102 Å². The third kappa shape index (κ3) is 2.38. The maximum Gasteiger partial charge on any atom is 0.252 e. The van der Waals surface area contributed by atoms with Crippen LogP contribution in [0.15, 0.2) is 36.5 Å². The molecule has 3 heterocycles. The molecule has 0 saturated carbocycles. The van der Waals surface area contributed by atoms with Crippen LogP contribution in [-0.4, -0.2) is 32.7 Å². The number of carbonyl (C=O) groups excluding carboxylic acids is 1. The summed E-state index contributed by atoms with van der Waals surface area (Å²) >= 11 is 0. The molecule has 0 bridgehead atoms. The Morgan fingerprint density at radius 1 is 1.27 bits per heavy atom. The largest absolute Gasteiger partial charge is 0.365 e. The highest BCUT2D eigenvalue weighted by Crippen LogP contribution is 2.42. The molecule has 0 saturated heterocycles. The number of primary amides is 1. The van der Waals surface area contributed by atoms with Crippen molar-refractivity contribution in [3.8, 4) is 5.69 Å². The van der Waals surface area contributed by atoms with Gasteiger partial charge in [-0.1, -0.05) is 6.07 Å². The molecular formula is C18H19N7O. The van der Waals surface area contributed by atoms with Gasteiger partial charge < -0.3 is 16.0 Å². The van der Waals surface area contributed by atoms with Crippen LogP contribution in [0.5, 0.6) is 0 Å². The number of nitrogens with one attached hydrogen (secondary N) is 1. The maximum absolute atomic E-state index is 11.7. The summed E-state index contributed by atoms with van der Waals surface area (Å²) in [4.78, 5) is 22.6. The molecule has 1 aliphatic heterocycles. The zero-order valence-corrected chi connectivity index (χ0v) is 14.8. The molecule has 3 aromatic rings. The van der Waals surface area contributed by atoms with Crippen molar-refractivity contribution in [2.24, 2.45) is 5.73 Å². The van der Waals surface area contributed by atoms with Gasteiger partial charge in [0.05, 0.1) is 28.7 Å². The molecule has 0 radical (unpaired) electrons. The molecule has 4 rings (SSSR count). The molecule has 1 unspecified atom stereocenters. The minimum Gasteiger partial charge on any atom is -0.365 e. The predicted molar refractivity (Wildman–Crippen MR) is 99.0 cm³/mol. The van der Waals surface area contributed by atoms with E-state index in [1.807, 2.05) is 36.9 Å². The van der Waals surface area contributed by atoms with E-state index in [0.717, 1.165) is 28.7 Å². The van der Waals surface area contributed by atoms with E-state index in [0.29, 0.717) is 11.4 Å². The third-order valence-electron chi connectivity index (χ3n) is 4.61. The molecule has 0 spiro atoms. The molecule has 3 N–H and O–H groups in total. The lowest BCUT2D eigenvalue weighted by atomic mass is 10.1. The SMILES string of the molecule is Cc1nc2n(n1)-c1cccc(Nc3ncccc3C(N)=O)c1N(C)C2C. The summed E-state index contributed by atoms with van der Waals surface area (Å²) in [6.07, 6.45) is 1.62. The fourth-order valence-electron chi connectivity index (χ4n) is 3.25. The number of benzene rings is 1. The number of rotatable bonds is 3. The van der Waals surface area contributed by atoms with Crippen LogP contribution in [0.2, 0.25) is 0 Å². The number of aromatic nitrogens is 4. The number of amides is 1. The molecule has 0 fully saturated rings. The first kappa shape index (κ1) is 16.1. The monoisotopic (exact) mass is 349 g/mol. The van der Waals surface area contributed by atoms with Gasteiger partial charge in [-0.05, 0) is 38.1 Å². The van der Waals surface area contributed by atoms with Crippen LogP contribution in [0, 0.1) is 6.92 Å². The van der Waals surface area contributed by atoms with Crippen LogP contribution in [-0.2, 0) is 0 Å². The van der Waals surface area contributed by atoms with Crippen LogP contribution in [0.4, 0.5) is 17.2 Å². The Morgan fingerprint density at radius 3 is 2.85 bits per heavy atom. The first-order valence-corrected chi connectivity index (χ1v) is 8.29. The number of aryl methyl sites for hydroxylation is 1. The molecule has 26 heavy (non-hydrogen) atoms. The molecule has 8 nitrogen and oxygen atoms in total. The van der Waals surface area contributed by atoms with Gasteiger partial charge in [-0.2, -0.15) is 5.10 Å². The summed E-state index contributed by atoms with van der Waals surface area (Å²) in [5.74, 6) is 1.52. The molecule has 2 aromatic heterocycles. The molecule has 132 valence electrons. The van der Waals surface area contributed by atoms with E-state index in [4.69, 9.17) is 5.73 Å². The number of hydrogen-bond donors (Lipinski definition) is 2. The number of nitrogens with zero attached hydrogens (tertiary/aromatic N) is 5. The zero-order valence-electron chi connectivity index (χ0n) is 14.8. The van der Waals surface area contributed by atoms with Crippen molar-refractivity contribution in [2.75, 3.05) is 17.3 Å². The summed E-state index contributed by atoms with van der Waals surface area (Å²) in [5.41, 5.74) is 8.50. The van der Waals surface area contributed by atoms with Gasteiger partial charge in [0.25, 0.3) is 5.91 Å². The van der Waals surface area contributed by atoms with Crippen molar-refractivity contribution in [3.05, 3.63) is 53.7 Å². The third-order valence-corrected chi connectivity index (χ3v) is 4.61. The minimum atomic E-state index is -0.527. The first-order chi connectivity index (χ1) is 12.5. The van der Waals surface area contributed by atoms with Crippen molar-refractivity contribution >= 4 is 23.1 Å². The van der Waals surface area contributed by atoms with Gasteiger partial charge in [-0.3, -0.25) is 4.79 Å². The van der Waals surface area contributed by atoms with E-state index in [1.165, 1.54) is 0 Å². The standard InChI is InChI=1S/C18H19N7O/c1-10-18-21-11(2)23-25(18)14-8-4-7-13(15(14)24(10)3)22-17-12(16(19)26)6-5-9-20-17/h4-10H,1-3H3,(H2,19,26)(H,20,22). The Bertz CT molecular complexity index is 1010. The van der Waals surface area contributed by atoms with E-state index in [-0.39, 0.29) is 6.04 Å². The predicted octanol–water partition coefficient (Wildman–Crippen LogP) is 2.32. The van der Waals surface area contributed by atoms with Crippen molar-refractivity contribution in [1.29, 1.82) is 0 Å². The summed E-state index contributed by atoms with van der Waals surface area (Å²) in [7, 11) is 2.01. The Kier molecular flexibility index (Phi) is 3.61.